The number of nitrogens with one attached hydrogen (secondary N) is 1. The molecule has 1 amide bonds. The first-order chi connectivity index (χ1) is 16.9. The fourth-order valence-electron chi connectivity index (χ4n) is 5.98. The quantitative estimate of drug-likeness (QED) is 0.565. The van der Waals surface area contributed by atoms with Crippen LogP contribution in [-0.2, 0) is 20.5 Å². The Hall–Kier alpha value is -2.09. The number of carbonyl (C=O) groups excluding carboxylic acids is 1. The molecule has 4 rings (SSSR count). The van der Waals surface area contributed by atoms with Gasteiger partial charge in [0, 0.05) is 49.9 Å². The van der Waals surface area contributed by atoms with E-state index in [0.717, 1.165) is 12.3 Å². The Balaban J connectivity index is 1.52. The van der Waals surface area contributed by atoms with Gasteiger partial charge < -0.3 is 10.2 Å². The van der Waals surface area contributed by atoms with Crippen LogP contribution in [0.15, 0.2) is 18.2 Å². The summed E-state index contributed by atoms with van der Waals surface area (Å²) in [5, 5.41) is 2.99. The van der Waals surface area contributed by atoms with Crippen molar-refractivity contribution in [2.75, 3.05) is 37.8 Å². The van der Waals surface area contributed by atoms with E-state index in [1.165, 1.54) is 16.3 Å². The van der Waals surface area contributed by atoms with Crippen LogP contribution in [-0.4, -0.2) is 70.0 Å². The fraction of sp³-hybridized carbons (Fsp3) is 0.696. The molecule has 1 aliphatic carbocycles. The first kappa shape index (κ1) is 27.9. The summed E-state index contributed by atoms with van der Waals surface area (Å²) in [5.41, 5.74) is -6.45. The van der Waals surface area contributed by atoms with Crippen LogP contribution in [0, 0.1) is 11.8 Å². The molecule has 1 saturated heterocycles. The maximum Gasteiger partial charge on any atom is 0.435 e. The Labute approximate surface area is 210 Å². The van der Waals surface area contributed by atoms with Crippen molar-refractivity contribution < 1.29 is 43.9 Å². The van der Waals surface area contributed by atoms with Crippen LogP contribution in [0.4, 0.5) is 36.4 Å². The maximum atomic E-state index is 14.6. The first-order valence-corrected chi connectivity index (χ1v) is 13.7. The molecule has 208 valence electrons. The number of carbonyl (C=O) groups is 1. The number of benzene rings is 1. The number of halogens is 7. The lowest BCUT2D eigenvalue weighted by molar-refractivity contribution is -0.348. The van der Waals surface area contributed by atoms with Crippen LogP contribution >= 0.6 is 0 Å². The third kappa shape index (κ3) is 4.90. The van der Waals surface area contributed by atoms with E-state index in [-0.39, 0.29) is 36.0 Å². The largest absolute Gasteiger partial charge is 0.435 e. The second-order valence-electron chi connectivity index (χ2n) is 10.2. The lowest BCUT2D eigenvalue weighted by atomic mass is 9.79. The molecule has 3 aliphatic rings. The topological polar surface area (TPSA) is 69.7 Å². The molecule has 1 N–H and O–H groups in total. The number of amides is 1. The van der Waals surface area contributed by atoms with Crippen molar-refractivity contribution in [3.63, 3.8) is 0 Å². The van der Waals surface area contributed by atoms with Crippen LogP contribution in [0.5, 0.6) is 0 Å². The molecule has 2 aliphatic heterocycles. The summed E-state index contributed by atoms with van der Waals surface area (Å²) >= 11 is 0. The summed E-state index contributed by atoms with van der Waals surface area (Å²) in [5.74, 6) is -1.11. The lowest BCUT2D eigenvalue weighted by Gasteiger charge is -2.39. The van der Waals surface area contributed by atoms with E-state index in [2.05, 4.69) is 5.32 Å². The molecule has 3 atom stereocenters. The van der Waals surface area contributed by atoms with Crippen LogP contribution < -0.4 is 10.2 Å². The van der Waals surface area contributed by atoms with E-state index in [0.29, 0.717) is 56.5 Å². The van der Waals surface area contributed by atoms with Gasteiger partial charge in [0.1, 0.15) is 0 Å². The zero-order valence-electron chi connectivity index (χ0n) is 20.2. The molecule has 6 nitrogen and oxygen atoms in total. The van der Waals surface area contributed by atoms with E-state index in [1.54, 1.807) is 0 Å². The molecule has 0 radical (unpaired) electrons. The number of hydrogen-bond acceptors (Lipinski definition) is 4. The van der Waals surface area contributed by atoms with E-state index in [4.69, 9.17) is 0 Å². The zero-order valence-corrected chi connectivity index (χ0v) is 21.0. The molecule has 0 unspecified atom stereocenters. The van der Waals surface area contributed by atoms with Gasteiger partial charge in [-0.3, -0.25) is 4.79 Å². The summed E-state index contributed by atoms with van der Waals surface area (Å²) in [4.78, 5) is 14.6. The molecule has 1 saturated carbocycles. The Morgan fingerprint density at radius 3 is 2.11 bits per heavy atom. The van der Waals surface area contributed by atoms with Gasteiger partial charge in [-0.1, -0.05) is 12.1 Å². The van der Waals surface area contributed by atoms with Gasteiger partial charge in [0.05, 0.1) is 6.26 Å². The highest BCUT2D eigenvalue weighted by Gasteiger charge is 2.73. The smallest absolute Gasteiger partial charge is 0.374 e. The third-order valence-electron chi connectivity index (χ3n) is 7.93. The van der Waals surface area contributed by atoms with Gasteiger partial charge in [-0.25, -0.2) is 17.1 Å². The molecular weight excluding hydrogens is 531 g/mol. The molecule has 14 heteroatoms. The highest BCUT2D eigenvalue weighted by Crippen LogP contribution is 2.56. The van der Waals surface area contributed by atoms with Crippen LogP contribution in [0.25, 0.3) is 0 Å². The predicted molar refractivity (Wildman–Crippen MR) is 121 cm³/mol. The Kier molecular flexibility index (Phi) is 7.01. The normalized spacial score (nSPS) is 26.1. The second kappa shape index (κ2) is 9.28. The minimum Gasteiger partial charge on any atom is -0.374 e. The number of piperidine rings is 1. The second-order valence-corrected chi connectivity index (χ2v) is 12.2. The van der Waals surface area contributed by atoms with Crippen molar-refractivity contribution in [1.82, 2.24) is 9.62 Å². The number of fused-ring (bicyclic) bond motifs is 3. The summed E-state index contributed by atoms with van der Waals surface area (Å²) in [6, 6.07) is 2.09. The van der Waals surface area contributed by atoms with Crippen LogP contribution in [0.1, 0.15) is 42.7 Å². The minimum absolute atomic E-state index is 0.0866. The number of alkyl halides is 7. The summed E-state index contributed by atoms with van der Waals surface area (Å²) in [6.07, 6.45) is -9.33. The van der Waals surface area contributed by atoms with Crippen molar-refractivity contribution >= 4 is 21.6 Å². The maximum absolute atomic E-state index is 14.6. The monoisotopic (exact) mass is 559 g/mol. The number of sulfonamides is 1. The van der Waals surface area contributed by atoms with E-state index >= 15 is 0 Å². The van der Waals surface area contributed by atoms with Gasteiger partial charge >= 0.3 is 18.0 Å². The van der Waals surface area contributed by atoms with Gasteiger partial charge in [-0.05, 0) is 49.1 Å². The first-order valence-electron chi connectivity index (χ1n) is 11.9. The number of rotatable bonds is 4. The van der Waals surface area contributed by atoms with E-state index < -0.39 is 39.5 Å². The van der Waals surface area contributed by atoms with Crippen molar-refractivity contribution in [3.05, 3.63) is 29.3 Å². The molecule has 0 spiro atoms. The Bertz CT molecular complexity index is 1130. The molecular formula is C23H28F7N3O3S. The van der Waals surface area contributed by atoms with Gasteiger partial charge in [0.2, 0.25) is 15.9 Å². The highest BCUT2D eigenvalue weighted by atomic mass is 32.2. The third-order valence-corrected chi connectivity index (χ3v) is 9.24. The molecule has 2 fully saturated rings. The van der Waals surface area contributed by atoms with Gasteiger partial charge in [0.25, 0.3) is 0 Å². The fourth-order valence-corrected chi connectivity index (χ4v) is 6.85. The van der Waals surface area contributed by atoms with Gasteiger partial charge in [-0.15, -0.1) is 0 Å². The Morgan fingerprint density at radius 2 is 1.57 bits per heavy atom. The van der Waals surface area contributed by atoms with Gasteiger partial charge in [0.15, 0.2) is 0 Å². The van der Waals surface area contributed by atoms with Crippen molar-refractivity contribution in [1.29, 1.82) is 0 Å². The van der Waals surface area contributed by atoms with Crippen molar-refractivity contribution in [2.45, 2.75) is 55.7 Å². The Morgan fingerprint density at radius 1 is 0.973 bits per heavy atom. The van der Waals surface area contributed by atoms with Crippen LogP contribution in [0.3, 0.4) is 0 Å². The average molecular weight is 560 g/mol. The molecule has 1 aromatic rings. The summed E-state index contributed by atoms with van der Waals surface area (Å²) < 4.78 is 119. The van der Waals surface area contributed by atoms with Crippen LogP contribution in [0.2, 0.25) is 0 Å². The standard InChI is InChI=1S/C23H28F7N3O3S/c1-32-12-18-15(5-6-17(18)20(34)31-14-7-9-33(10-8-14)37(2,35)36)16-4-3-13(11-19(16)32)21(24,22(25,26)27)23(28,29)30/h3-4,11,14-15,17-18H,5-10,12H2,1-2H3,(H,31,34)/t15-,17+,18+/m0/s1. The van der Waals surface area contributed by atoms with E-state index in [1.807, 2.05) is 0 Å². The predicted octanol–water partition coefficient (Wildman–Crippen LogP) is 4.08. The molecule has 37 heavy (non-hydrogen) atoms. The highest BCUT2D eigenvalue weighted by molar-refractivity contribution is 7.88. The van der Waals surface area contributed by atoms with Crippen molar-refractivity contribution in [3.8, 4) is 0 Å². The summed E-state index contributed by atoms with van der Waals surface area (Å²) in [6.45, 7) is 0.804. The molecule has 1 aromatic carbocycles. The number of anilines is 1. The van der Waals surface area contributed by atoms with E-state index in [9.17, 15) is 43.9 Å². The summed E-state index contributed by atoms with van der Waals surface area (Å²) in [7, 11) is -1.81. The molecule has 2 heterocycles. The lowest BCUT2D eigenvalue weighted by Crippen LogP contribution is -2.50. The zero-order chi connectivity index (χ0) is 27.6. The average Bonchev–Trinajstić information content (AvgIpc) is 3.20. The van der Waals surface area contributed by atoms with Crippen molar-refractivity contribution in [2.24, 2.45) is 11.8 Å². The van der Waals surface area contributed by atoms with Gasteiger partial charge in [-0.2, -0.15) is 26.3 Å². The molecule has 0 bridgehead atoms. The number of nitrogens with zero attached hydrogens (tertiary/aromatic N) is 2. The molecule has 0 aromatic heterocycles. The minimum atomic E-state index is -6.19. The SMILES string of the molecule is CN1C[C@H]2[C@H](C(=O)NC3CCN(S(C)(=O)=O)CC3)CC[C@H]2c2ccc(C(F)(C(F)(F)F)C(F)(F)F)cc21. The number of hydrogen-bond donors (Lipinski definition) is 1.